The number of carboxylic acids is 1. The molecule has 0 saturated carbocycles. The molecule has 0 aliphatic rings. The molecular formula is C17H24O3. The molecule has 1 N–H and O–H groups in total. The van der Waals surface area contributed by atoms with Crippen molar-refractivity contribution < 1.29 is 14.7 Å². The topological polar surface area (TPSA) is 54.4 Å². The van der Waals surface area contributed by atoms with Gasteiger partial charge in [0, 0.05) is 12.8 Å². The van der Waals surface area contributed by atoms with E-state index in [1.54, 1.807) is 24.3 Å². The number of aryl methyl sites for hydroxylation is 1. The third-order valence-electron chi connectivity index (χ3n) is 3.45. The molecule has 3 heteroatoms. The van der Waals surface area contributed by atoms with Crippen LogP contribution in [-0.4, -0.2) is 16.9 Å². The number of carbonyl (C=O) groups excluding carboxylic acids is 1. The maximum atomic E-state index is 11.7. The van der Waals surface area contributed by atoms with Gasteiger partial charge in [0.15, 0.2) is 0 Å². The van der Waals surface area contributed by atoms with Gasteiger partial charge in [-0.2, -0.15) is 0 Å². The maximum Gasteiger partial charge on any atom is 0.335 e. The number of rotatable bonds is 10. The summed E-state index contributed by atoms with van der Waals surface area (Å²) in [5.74, 6) is -0.608. The van der Waals surface area contributed by atoms with E-state index < -0.39 is 5.97 Å². The molecule has 0 heterocycles. The first-order chi connectivity index (χ1) is 9.63. The predicted molar refractivity (Wildman–Crippen MR) is 80.1 cm³/mol. The van der Waals surface area contributed by atoms with Gasteiger partial charge in [-0.25, -0.2) is 4.79 Å². The average Bonchev–Trinajstić information content (AvgIpc) is 2.45. The number of hydrogen-bond acceptors (Lipinski definition) is 2. The van der Waals surface area contributed by atoms with Gasteiger partial charge in [0.05, 0.1) is 5.56 Å². The average molecular weight is 276 g/mol. The van der Waals surface area contributed by atoms with Crippen LogP contribution >= 0.6 is 0 Å². The Kier molecular flexibility index (Phi) is 7.63. The SMILES string of the molecule is CCCCCCCC(=O)CCc1ccc(C(=O)O)cc1. The lowest BCUT2D eigenvalue weighted by Crippen LogP contribution is -2.01. The first-order valence-electron chi connectivity index (χ1n) is 7.47. The fourth-order valence-electron chi connectivity index (χ4n) is 2.15. The lowest BCUT2D eigenvalue weighted by atomic mass is 10.0. The van der Waals surface area contributed by atoms with E-state index in [2.05, 4.69) is 6.92 Å². The zero-order valence-corrected chi connectivity index (χ0v) is 12.2. The van der Waals surface area contributed by atoms with Crippen molar-refractivity contribution in [3.05, 3.63) is 35.4 Å². The summed E-state index contributed by atoms with van der Waals surface area (Å²) in [5, 5.41) is 8.80. The second kappa shape index (κ2) is 9.29. The van der Waals surface area contributed by atoms with Gasteiger partial charge in [0.25, 0.3) is 0 Å². The number of carbonyl (C=O) groups is 2. The second-order valence-electron chi connectivity index (χ2n) is 5.20. The first kappa shape index (κ1) is 16.4. The molecule has 0 atom stereocenters. The molecule has 0 unspecified atom stereocenters. The molecule has 1 aromatic rings. The zero-order chi connectivity index (χ0) is 14.8. The molecule has 110 valence electrons. The van der Waals surface area contributed by atoms with E-state index in [1.807, 2.05) is 0 Å². The molecule has 3 nitrogen and oxygen atoms in total. The molecule has 0 radical (unpaired) electrons. The van der Waals surface area contributed by atoms with Crippen molar-refractivity contribution in [2.75, 3.05) is 0 Å². The number of ketones is 1. The van der Waals surface area contributed by atoms with Crippen LogP contribution < -0.4 is 0 Å². The molecule has 0 amide bonds. The van der Waals surface area contributed by atoms with Gasteiger partial charge in [-0.3, -0.25) is 4.79 Å². The summed E-state index contributed by atoms with van der Waals surface area (Å²) in [6, 6.07) is 6.76. The van der Waals surface area contributed by atoms with E-state index in [0.29, 0.717) is 25.0 Å². The smallest absolute Gasteiger partial charge is 0.335 e. The number of benzene rings is 1. The van der Waals surface area contributed by atoms with Crippen molar-refractivity contribution in [2.45, 2.75) is 58.3 Å². The summed E-state index contributed by atoms with van der Waals surface area (Å²) in [6.07, 6.45) is 7.78. The minimum absolute atomic E-state index is 0.288. The Morgan fingerprint density at radius 3 is 2.20 bits per heavy atom. The molecule has 0 spiro atoms. The highest BCUT2D eigenvalue weighted by molar-refractivity contribution is 5.87. The Labute approximate surface area is 121 Å². The van der Waals surface area contributed by atoms with E-state index >= 15 is 0 Å². The van der Waals surface area contributed by atoms with Crippen LogP contribution in [0.4, 0.5) is 0 Å². The van der Waals surface area contributed by atoms with Crippen LogP contribution in [0.5, 0.6) is 0 Å². The van der Waals surface area contributed by atoms with Gasteiger partial charge in [-0.1, -0.05) is 44.7 Å². The van der Waals surface area contributed by atoms with E-state index in [0.717, 1.165) is 18.4 Å². The zero-order valence-electron chi connectivity index (χ0n) is 12.2. The minimum atomic E-state index is -0.917. The normalized spacial score (nSPS) is 10.4. The Bertz CT molecular complexity index is 420. The van der Waals surface area contributed by atoms with Crippen molar-refractivity contribution in [1.29, 1.82) is 0 Å². The fraction of sp³-hybridized carbons (Fsp3) is 0.529. The Morgan fingerprint density at radius 2 is 1.60 bits per heavy atom. The van der Waals surface area contributed by atoms with E-state index in [9.17, 15) is 9.59 Å². The number of aromatic carboxylic acids is 1. The van der Waals surface area contributed by atoms with Crippen LogP contribution in [0.25, 0.3) is 0 Å². The highest BCUT2D eigenvalue weighted by atomic mass is 16.4. The van der Waals surface area contributed by atoms with Crippen molar-refractivity contribution in [3.8, 4) is 0 Å². The molecule has 1 aromatic carbocycles. The van der Waals surface area contributed by atoms with Gasteiger partial charge in [0.2, 0.25) is 0 Å². The van der Waals surface area contributed by atoms with E-state index in [-0.39, 0.29) is 5.56 Å². The Balaban J connectivity index is 2.22. The van der Waals surface area contributed by atoms with Gasteiger partial charge >= 0.3 is 5.97 Å². The first-order valence-corrected chi connectivity index (χ1v) is 7.47. The summed E-state index contributed by atoms with van der Waals surface area (Å²) in [4.78, 5) is 22.4. The van der Waals surface area contributed by atoms with Crippen molar-refractivity contribution >= 4 is 11.8 Å². The molecule has 0 aromatic heterocycles. The number of unbranched alkanes of at least 4 members (excludes halogenated alkanes) is 4. The molecule has 20 heavy (non-hydrogen) atoms. The maximum absolute atomic E-state index is 11.7. The monoisotopic (exact) mass is 276 g/mol. The summed E-state index contributed by atoms with van der Waals surface area (Å²) in [6.45, 7) is 2.18. The molecule has 0 saturated heterocycles. The van der Waals surface area contributed by atoms with Gasteiger partial charge in [0.1, 0.15) is 5.78 Å². The molecule has 0 aliphatic heterocycles. The Morgan fingerprint density at radius 1 is 0.950 bits per heavy atom. The molecular weight excluding hydrogens is 252 g/mol. The third kappa shape index (κ3) is 6.50. The van der Waals surface area contributed by atoms with Crippen molar-refractivity contribution in [2.24, 2.45) is 0 Å². The lowest BCUT2D eigenvalue weighted by Gasteiger charge is -2.03. The van der Waals surface area contributed by atoms with Crippen LogP contribution in [0, 0.1) is 0 Å². The highest BCUT2D eigenvalue weighted by Crippen LogP contribution is 2.10. The van der Waals surface area contributed by atoms with Crippen molar-refractivity contribution in [1.82, 2.24) is 0 Å². The van der Waals surface area contributed by atoms with Crippen LogP contribution in [-0.2, 0) is 11.2 Å². The van der Waals surface area contributed by atoms with E-state index in [1.165, 1.54) is 19.3 Å². The number of hydrogen-bond donors (Lipinski definition) is 1. The van der Waals surface area contributed by atoms with Crippen LogP contribution in [0.15, 0.2) is 24.3 Å². The molecule has 0 fully saturated rings. The number of carboxylic acid groups (broad SMARTS) is 1. The quantitative estimate of drug-likeness (QED) is 0.650. The standard InChI is InChI=1S/C17H24O3/c1-2-3-4-5-6-7-16(18)13-10-14-8-11-15(12-9-14)17(19)20/h8-9,11-12H,2-7,10,13H2,1H3,(H,19,20). The summed E-state index contributed by atoms with van der Waals surface area (Å²) in [7, 11) is 0. The minimum Gasteiger partial charge on any atom is -0.478 e. The highest BCUT2D eigenvalue weighted by Gasteiger charge is 2.05. The van der Waals surface area contributed by atoms with Crippen LogP contribution in [0.1, 0.15) is 67.8 Å². The molecule has 1 rings (SSSR count). The lowest BCUT2D eigenvalue weighted by molar-refractivity contribution is -0.119. The molecule has 0 aliphatic carbocycles. The Hall–Kier alpha value is -1.64. The summed E-state index contributed by atoms with van der Waals surface area (Å²) < 4.78 is 0. The van der Waals surface area contributed by atoms with Crippen LogP contribution in [0.3, 0.4) is 0 Å². The molecule has 0 bridgehead atoms. The third-order valence-corrected chi connectivity index (χ3v) is 3.45. The fourth-order valence-corrected chi connectivity index (χ4v) is 2.15. The second-order valence-corrected chi connectivity index (χ2v) is 5.20. The van der Waals surface area contributed by atoms with E-state index in [4.69, 9.17) is 5.11 Å². The van der Waals surface area contributed by atoms with Gasteiger partial charge in [-0.15, -0.1) is 0 Å². The van der Waals surface area contributed by atoms with Crippen molar-refractivity contribution in [3.63, 3.8) is 0 Å². The largest absolute Gasteiger partial charge is 0.478 e. The van der Waals surface area contributed by atoms with Gasteiger partial charge in [-0.05, 0) is 30.5 Å². The van der Waals surface area contributed by atoms with Crippen LogP contribution in [0.2, 0.25) is 0 Å². The van der Waals surface area contributed by atoms with Gasteiger partial charge < -0.3 is 5.11 Å². The predicted octanol–water partition coefficient (Wildman–Crippen LogP) is 4.25. The number of Topliss-reactive ketones (excluding diaryl/α,β-unsaturated/α-hetero) is 1. The summed E-state index contributed by atoms with van der Waals surface area (Å²) in [5.41, 5.74) is 1.31. The summed E-state index contributed by atoms with van der Waals surface area (Å²) >= 11 is 0.